The molecular formula is C24H46NO6P. The monoisotopic (exact) mass is 475 g/mol. The Labute approximate surface area is 196 Å². The molecule has 32 heavy (non-hydrogen) atoms. The van der Waals surface area contributed by atoms with Crippen molar-refractivity contribution in [2.45, 2.75) is 116 Å². The second-order valence-corrected chi connectivity index (χ2v) is 9.75. The second-order valence-electron chi connectivity index (χ2n) is 8.53. The summed E-state index contributed by atoms with van der Waals surface area (Å²) in [6, 6.07) is -0.834. The minimum Gasteiger partial charge on any atom is -0.467 e. The lowest BCUT2D eigenvalue weighted by Gasteiger charge is -2.17. The van der Waals surface area contributed by atoms with Gasteiger partial charge in [0.15, 0.2) is 6.04 Å². The van der Waals surface area contributed by atoms with E-state index in [0.717, 1.165) is 19.3 Å². The Morgan fingerprint density at radius 3 is 1.75 bits per heavy atom. The summed E-state index contributed by atoms with van der Waals surface area (Å²) in [6.07, 6.45) is 19.8. The molecule has 0 aliphatic carbocycles. The van der Waals surface area contributed by atoms with E-state index in [4.69, 9.17) is 18.3 Å². The number of carbonyl (C=O) groups is 2. The van der Waals surface area contributed by atoms with Gasteiger partial charge in [0, 0.05) is 6.42 Å². The molecule has 0 unspecified atom stereocenters. The molecule has 0 bridgehead atoms. The third-order valence-corrected chi connectivity index (χ3v) is 6.80. The molecule has 0 radical (unpaired) electrons. The first-order valence-electron chi connectivity index (χ1n) is 12.7. The molecule has 1 rings (SSSR count). The van der Waals surface area contributed by atoms with Crippen LogP contribution in [0.1, 0.15) is 110 Å². The molecule has 1 aliphatic rings. The van der Waals surface area contributed by atoms with Crippen molar-refractivity contribution in [3.63, 3.8) is 0 Å². The molecule has 1 heterocycles. The molecule has 0 aromatic heterocycles. The molecule has 1 amide bonds. The Hall–Kier alpha value is -0.750. The molecule has 0 aromatic carbocycles. The van der Waals surface area contributed by atoms with Gasteiger partial charge in [-0.2, -0.15) is 0 Å². The first-order chi connectivity index (χ1) is 15.7. The van der Waals surface area contributed by atoms with Gasteiger partial charge in [-0.25, -0.2) is 4.79 Å². The van der Waals surface area contributed by atoms with Crippen molar-refractivity contribution in [1.29, 1.82) is 0 Å². The van der Waals surface area contributed by atoms with E-state index in [1.54, 1.807) is 0 Å². The number of nitrogens with one attached hydrogen (secondary N) is 1. The van der Waals surface area contributed by atoms with Crippen LogP contribution in [0.2, 0.25) is 0 Å². The Morgan fingerprint density at radius 1 is 0.812 bits per heavy atom. The van der Waals surface area contributed by atoms with Crippen molar-refractivity contribution >= 4 is 20.5 Å². The van der Waals surface area contributed by atoms with Gasteiger partial charge < -0.3 is 23.6 Å². The largest absolute Gasteiger partial charge is 0.467 e. The van der Waals surface area contributed by atoms with Crippen molar-refractivity contribution in [2.24, 2.45) is 0 Å². The van der Waals surface area contributed by atoms with Crippen LogP contribution in [0.3, 0.4) is 0 Å². The molecule has 1 aliphatic heterocycles. The zero-order valence-electron chi connectivity index (χ0n) is 20.4. The number of esters is 1. The van der Waals surface area contributed by atoms with E-state index in [1.807, 2.05) is 0 Å². The van der Waals surface area contributed by atoms with Crippen LogP contribution in [0.15, 0.2) is 0 Å². The zero-order valence-corrected chi connectivity index (χ0v) is 21.3. The van der Waals surface area contributed by atoms with E-state index >= 15 is 0 Å². The third-order valence-electron chi connectivity index (χ3n) is 5.65. The maximum absolute atomic E-state index is 12.2. The number of unbranched alkanes of at least 4 members (excludes halogenated alkanes) is 14. The van der Waals surface area contributed by atoms with E-state index < -0.39 is 20.6 Å². The number of rotatable bonds is 21. The molecule has 0 aromatic rings. The van der Waals surface area contributed by atoms with Gasteiger partial charge in [0.25, 0.3) is 0 Å². The highest BCUT2D eigenvalue weighted by molar-refractivity contribution is 7.41. The quantitative estimate of drug-likeness (QED) is 0.121. The first-order valence-corrected chi connectivity index (χ1v) is 13.8. The summed E-state index contributed by atoms with van der Waals surface area (Å²) in [5.74, 6) is -0.677. The van der Waals surface area contributed by atoms with Gasteiger partial charge in [-0.3, -0.25) is 4.79 Å². The van der Waals surface area contributed by atoms with Crippen LogP contribution in [0, 0.1) is 0 Å². The van der Waals surface area contributed by atoms with E-state index in [9.17, 15) is 9.59 Å². The zero-order chi connectivity index (χ0) is 23.3. The van der Waals surface area contributed by atoms with Gasteiger partial charge in [0.05, 0.1) is 26.9 Å². The van der Waals surface area contributed by atoms with Crippen LogP contribution < -0.4 is 5.32 Å². The van der Waals surface area contributed by atoms with Gasteiger partial charge >= 0.3 is 14.6 Å². The van der Waals surface area contributed by atoms with Crippen molar-refractivity contribution in [3.8, 4) is 0 Å². The van der Waals surface area contributed by atoms with Crippen LogP contribution >= 0.6 is 8.60 Å². The fourth-order valence-corrected chi connectivity index (χ4v) is 4.65. The lowest BCUT2D eigenvalue weighted by atomic mass is 10.0. The number of hydrogen-bond donors (Lipinski definition) is 1. The minimum absolute atomic E-state index is 0.0109. The standard InChI is InChI=1S/C24H46NO6P/c1-3-4-5-6-7-8-9-10-11-12-13-14-15-16-17-18-23(26)25-22(24(27)28-2)21-31-32-29-19-20-30-32/h22H,3-21H2,1-2H3,(H,25,26)/t22-/m0/s1. The summed E-state index contributed by atoms with van der Waals surface area (Å²) >= 11 is 0. The predicted molar refractivity (Wildman–Crippen MR) is 128 cm³/mol. The molecule has 8 heteroatoms. The van der Waals surface area contributed by atoms with Crippen molar-refractivity contribution in [2.75, 3.05) is 26.9 Å². The highest BCUT2D eigenvalue weighted by Gasteiger charge is 2.26. The van der Waals surface area contributed by atoms with Gasteiger partial charge in [0.2, 0.25) is 5.91 Å². The number of ether oxygens (including phenoxy) is 1. The summed E-state index contributed by atoms with van der Waals surface area (Å²) in [6.45, 7) is 3.23. The SMILES string of the molecule is CCCCCCCCCCCCCCCCCC(=O)N[C@@H](COP1OCCO1)C(=O)OC. The van der Waals surface area contributed by atoms with Gasteiger partial charge in [-0.15, -0.1) is 0 Å². The number of amides is 1. The summed E-state index contributed by atoms with van der Waals surface area (Å²) in [4.78, 5) is 24.0. The molecule has 1 N–H and O–H groups in total. The molecule has 0 spiro atoms. The molecule has 1 saturated heterocycles. The van der Waals surface area contributed by atoms with Crippen molar-refractivity contribution < 1.29 is 27.9 Å². The van der Waals surface area contributed by atoms with E-state index in [2.05, 4.69) is 12.2 Å². The average Bonchev–Trinajstić information content (AvgIpc) is 3.32. The molecular weight excluding hydrogens is 429 g/mol. The maximum atomic E-state index is 12.2. The lowest BCUT2D eigenvalue weighted by molar-refractivity contribution is -0.146. The molecule has 1 fully saturated rings. The Balaban J connectivity index is 1.94. The Kier molecular flexibility index (Phi) is 19.1. The van der Waals surface area contributed by atoms with Gasteiger partial charge in [-0.1, -0.05) is 96.8 Å². The minimum atomic E-state index is -1.42. The second kappa shape index (κ2) is 20.8. The Morgan fingerprint density at radius 2 is 1.28 bits per heavy atom. The first kappa shape index (κ1) is 29.3. The Bertz CT molecular complexity index is 473. The third kappa shape index (κ3) is 16.0. The normalized spacial score (nSPS) is 15.1. The molecule has 7 nitrogen and oxygen atoms in total. The molecule has 188 valence electrons. The van der Waals surface area contributed by atoms with E-state index in [0.29, 0.717) is 19.6 Å². The number of carbonyl (C=O) groups excluding carboxylic acids is 2. The highest BCUT2D eigenvalue weighted by Crippen LogP contribution is 2.43. The fourth-order valence-electron chi connectivity index (χ4n) is 3.71. The van der Waals surface area contributed by atoms with Crippen LogP contribution in [-0.4, -0.2) is 44.8 Å². The smallest absolute Gasteiger partial charge is 0.332 e. The number of hydrogen-bond acceptors (Lipinski definition) is 6. The molecule has 0 saturated carbocycles. The summed E-state index contributed by atoms with van der Waals surface area (Å²) in [5.41, 5.74) is 0. The summed E-state index contributed by atoms with van der Waals surface area (Å²) in [7, 11) is -0.125. The van der Waals surface area contributed by atoms with Gasteiger partial charge in [0.1, 0.15) is 0 Å². The van der Waals surface area contributed by atoms with E-state index in [-0.39, 0.29) is 12.5 Å². The summed E-state index contributed by atoms with van der Waals surface area (Å²) < 4.78 is 20.7. The van der Waals surface area contributed by atoms with E-state index in [1.165, 1.54) is 84.2 Å². The van der Waals surface area contributed by atoms with Crippen molar-refractivity contribution in [3.05, 3.63) is 0 Å². The van der Waals surface area contributed by atoms with Crippen molar-refractivity contribution in [1.82, 2.24) is 5.32 Å². The average molecular weight is 476 g/mol. The van der Waals surface area contributed by atoms with Crippen LogP contribution in [0.4, 0.5) is 0 Å². The van der Waals surface area contributed by atoms with Gasteiger partial charge in [-0.05, 0) is 6.42 Å². The maximum Gasteiger partial charge on any atom is 0.332 e. The van der Waals surface area contributed by atoms with Crippen LogP contribution in [0.5, 0.6) is 0 Å². The predicted octanol–water partition coefficient (Wildman–Crippen LogP) is 6.20. The number of methoxy groups -OCH3 is 1. The van der Waals surface area contributed by atoms with Crippen LogP contribution in [-0.2, 0) is 27.9 Å². The van der Waals surface area contributed by atoms with Crippen LogP contribution in [0.25, 0.3) is 0 Å². The molecule has 1 atom stereocenters. The lowest BCUT2D eigenvalue weighted by Crippen LogP contribution is -2.44. The topological polar surface area (TPSA) is 83.1 Å². The fraction of sp³-hybridized carbons (Fsp3) is 0.917. The highest BCUT2D eigenvalue weighted by atomic mass is 31.2. The summed E-state index contributed by atoms with van der Waals surface area (Å²) in [5, 5.41) is 2.70.